The molecule has 0 amide bonds. The first kappa shape index (κ1) is 20.6. The highest BCUT2D eigenvalue weighted by Gasteiger charge is 2.46. The van der Waals surface area contributed by atoms with Crippen molar-refractivity contribution in [3.05, 3.63) is 40.1 Å². The van der Waals surface area contributed by atoms with Gasteiger partial charge in [-0.1, -0.05) is 31.5 Å². The first-order valence-corrected chi connectivity index (χ1v) is 9.79. The number of allylic oxidation sites excluding steroid dienone is 2. The van der Waals surface area contributed by atoms with E-state index in [1.807, 2.05) is 44.1 Å². The second kappa shape index (κ2) is 7.36. The number of hydrogen-bond acceptors (Lipinski definition) is 5. The molecule has 1 aliphatic heterocycles. The SMILES string of the molecule is COC(=O)C1C(C)=NC2=C(C(=O)CC(C)(C)C2)[C@@H]1c1ccc(N(C)C)cc1Cl. The predicted octanol–water partition coefficient (Wildman–Crippen LogP) is 4.40. The second-order valence-corrected chi connectivity index (χ2v) is 9.04. The van der Waals surface area contributed by atoms with Crippen LogP contribution in [0.25, 0.3) is 0 Å². The smallest absolute Gasteiger partial charge is 0.315 e. The number of anilines is 1. The number of carbonyl (C=O) groups is 2. The number of carbonyl (C=O) groups excluding carboxylic acids is 2. The van der Waals surface area contributed by atoms with Crippen LogP contribution in [0.5, 0.6) is 0 Å². The summed E-state index contributed by atoms with van der Waals surface area (Å²) in [5.74, 6) is -1.50. The highest BCUT2D eigenvalue weighted by molar-refractivity contribution is 6.32. The molecule has 28 heavy (non-hydrogen) atoms. The van der Waals surface area contributed by atoms with Gasteiger partial charge in [0, 0.05) is 54.1 Å². The molecular formula is C22H27ClN2O3. The minimum atomic E-state index is -0.656. The number of nitrogens with zero attached hydrogens (tertiary/aromatic N) is 2. The van der Waals surface area contributed by atoms with Crippen LogP contribution in [0.1, 0.15) is 45.1 Å². The van der Waals surface area contributed by atoms with Gasteiger partial charge in [-0.25, -0.2) is 0 Å². The summed E-state index contributed by atoms with van der Waals surface area (Å²) in [6.45, 7) is 5.96. The van der Waals surface area contributed by atoms with E-state index in [4.69, 9.17) is 16.3 Å². The minimum absolute atomic E-state index is 0.0363. The highest BCUT2D eigenvalue weighted by atomic mass is 35.5. The van der Waals surface area contributed by atoms with Crippen molar-refractivity contribution in [1.29, 1.82) is 0 Å². The van der Waals surface area contributed by atoms with Crippen LogP contribution >= 0.6 is 11.6 Å². The Labute approximate surface area is 171 Å². The van der Waals surface area contributed by atoms with Crippen molar-refractivity contribution < 1.29 is 14.3 Å². The molecule has 2 atom stereocenters. The van der Waals surface area contributed by atoms with Crippen LogP contribution in [-0.4, -0.2) is 38.7 Å². The third-order valence-electron chi connectivity index (χ3n) is 5.59. The summed E-state index contributed by atoms with van der Waals surface area (Å²) in [5.41, 5.74) is 3.61. The molecule has 150 valence electrons. The third kappa shape index (κ3) is 3.60. The van der Waals surface area contributed by atoms with Crippen molar-refractivity contribution in [2.45, 2.75) is 39.5 Å². The largest absolute Gasteiger partial charge is 0.468 e. The van der Waals surface area contributed by atoms with Crippen LogP contribution in [0.15, 0.2) is 34.5 Å². The van der Waals surface area contributed by atoms with E-state index in [0.29, 0.717) is 29.1 Å². The van der Waals surface area contributed by atoms with Crippen LogP contribution in [0.2, 0.25) is 5.02 Å². The fourth-order valence-corrected chi connectivity index (χ4v) is 4.55. The Balaban J connectivity index is 2.21. The standard InChI is InChI=1S/C22H27ClN2O3/c1-12-18(21(27)28-6)19(14-8-7-13(25(4)5)9-15(14)23)20-16(24-12)10-22(2,3)11-17(20)26/h7-9,18-19H,10-11H2,1-6H3/t18?,19-/m1/s1. The molecule has 0 fully saturated rings. The summed E-state index contributed by atoms with van der Waals surface area (Å²) in [6, 6.07) is 5.73. The number of aliphatic imine (C=N–C) groups is 1. The maximum absolute atomic E-state index is 13.1. The molecule has 0 aromatic heterocycles. The zero-order valence-electron chi connectivity index (χ0n) is 17.3. The molecule has 0 saturated heterocycles. The summed E-state index contributed by atoms with van der Waals surface area (Å²) in [6.07, 6.45) is 1.13. The van der Waals surface area contributed by atoms with Crippen LogP contribution in [0.3, 0.4) is 0 Å². The van der Waals surface area contributed by atoms with Gasteiger partial charge >= 0.3 is 5.97 Å². The van der Waals surface area contributed by atoms with Crippen LogP contribution in [-0.2, 0) is 14.3 Å². The van der Waals surface area contributed by atoms with Crippen LogP contribution in [0, 0.1) is 11.3 Å². The van der Waals surface area contributed by atoms with E-state index in [0.717, 1.165) is 16.9 Å². The average Bonchev–Trinajstić information content (AvgIpc) is 2.58. The number of Topliss-reactive ketones (excluding diaryl/α,β-unsaturated/α-hetero) is 1. The number of hydrogen-bond donors (Lipinski definition) is 0. The van der Waals surface area contributed by atoms with Gasteiger partial charge in [-0.05, 0) is 36.5 Å². The van der Waals surface area contributed by atoms with Crippen LogP contribution < -0.4 is 4.90 Å². The van der Waals surface area contributed by atoms with E-state index in [1.165, 1.54) is 7.11 Å². The summed E-state index contributed by atoms with van der Waals surface area (Å²) in [7, 11) is 5.24. The van der Waals surface area contributed by atoms with E-state index in [1.54, 1.807) is 0 Å². The molecule has 3 rings (SSSR count). The van der Waals surface area contributed by atoms with Gasteiger partial charge in [-0.3, -0.25) is 14.6 Å². The Bertz CT molecular complexity index is 899. The third-order valence-corrected chi connectivity index (χ3v) is 5.92. The summed E-state index contributed by atoms with van der Waals surface area (Å²) >= 11 is 6.65. The molecule has 0 bridgehead atoms. The first-order valence-electron chi connectivity index (χ1n) is 9.42. The lowest BCUT2D eigenvalue weighted by molar-refractivity contribution is -0.143. The van der Waals surface area contributed by atoms with Gasteiger partial charge in [0.15, 0.2) is 5.78 Å². The van der Waals surface area contributed by atoms with Crippen molar-refractivity contribution in [3.63, 3.8) is 0 Å². The van der Waals surface area contributed by atoms with E-state index >= 15 is 0 Å². The van der Waals surface area contributed by atoms with Crippen molar-refractivity contribution in [1.82, 2.24) is 0 Å². The minimum Gasteiger partial charge on any atom is -0.468 e. The lowest BCUT2D eigenvalue weighted by Crippen LogP contribution is -2.39. The molecule has 0 saturated carbocycles. The maximum atomic E-state index is 13.1. The average molecular weight is 403 g/mol. The molecule has 1 aromatic rings. The topological polar surface area (TPSA) is 59.0 Å². The second-order valence-electron chi connectivity index (χ2n) is 8.63. The molecule has 2 aliphatic rings. The normalized spacial score (nSPS) is 23.8. The van der Waals surface area contributed by atoms with Crippen molar-refractivity contribution in [3.8, 4) is 0 Å². The van der Waals surface area contributed by atoms with E-state index in [2.05, 4.69) is 18.8 Å². The van der Waals surface area contributed by atoms with Gasteiger partial charge in [0.05, 0.1) is 7.11 Å². The Morgan fingerprint density at radius 1 is 1.29 bits per heavy atom. The van der Waals surface area contributed by atoms with E-state index in [-0.39, 0.29) is 11.2 Å². The number of esters is 1. The number of methoxy groups -OCH3 is 1. The number of halogens is 1. The quantitative estimate of drug-likeness (QED) is 0.703. The van der Waals surface area contributed by atoms with Crippen molar-refractivity contribution in [2.75, 3.05) is 26.1 Å². The van der Waals surface area contributed by atoms with E-state index < -0.39 is 17.8 Å². The van der Waals surface area contributed by atoms with Gasteiger partial charge in [0.25, 0.3) is 0 Å². The molecule has 1 aromatic carbocycles. The zero-order valence-corrected chi connectivity index (χ0v) is 18.1. The molecule has 1 heterocycles. The fourth-order valence-electron chi connectivity index (χ4n) is 4.26. The molecule has 0 N–H and O–H groups in total. The molecule has 1 aliphatic carbocycles. The highest BCUT2D eigenvalue weighted by Crippen LogP contribution is 2.49. The Hall–Kier alpha value is -2.14. The molecule has 1 unspecified atom stereocenters. The summed E-state index contributed by atoms with van der Waals surface area (Å²) < 4.78 is 5.06. The maximum Gasteiger partial charge on any atom is 0.315 e. The van der Waals surface area contributed by atoms with Gasteiger partial charge in [-0.15, -0.1) is 0 Å². The fraction of sp³-hybridized carbons (Fsp3) is 0.500. The van der Waals surface area contributed by atoms with Crippen LogP contribution in [0.4, 0.5) is 5.69 Å². The zero-order chi connectivity index (χ0) is 20.8. The molecule has 0 radical (unpaired) electrons. The molecule has 0 spiro atoms. The van der Waals surface area contributed by atoms with Crippen molar-refractivity contribution in [2.24, 2.45) is 16.3 Å². The molecule has 5 nitrogen and oxygen atoms in total. The lowest BCUT2D eigenvalue weighted by atomic mass is 9.67. The molecule has 6 heteroatoms. The van der Waals surface area contributed by atoms with E-state index in [9.17, 15) is 9.59 Å². The lowest BCUT2D eigenvalue weighted by Gasteiger charge is -2.39. The predicted molar refractivity (Wildman–Crippen MR) is 112 cm³/mol. The Morgan fingerprint density at radius 2 is 1.96 bits per heavy atom. The summed E-state index contributed by atoms with van der Waals surface area (Å²) in [5, 5.41) is 0.532. The number of rotatable bonds is 3. The number of ether oxygens (including phenoxy) is 1. The monoisotopic (exact) mass is 402 g/mol. The molecular weight excluding hydrogens is 376 g/mol. The van der Waals surface area contributed by atoms with Gasteiger partial charge in [0.2, 0.25) is 0 Å². The van der Waals surface area contributed by atoms with Gasteiger partial charge in [-0.2, -0.15) is 0 Å². The van der Waals surface area contributed by atoms with Crippen molar-refractivity contribution >= 4 is 34.8 Å². The van der Waals surface area contributed by atoms with Gasteiger partial charge < -0.3 is 9.64 Å². The first-order chi connectivity index (χ1) is 13.1. The number of ketones is 1. The Kier molecular flexibility index (Phi) is 5.41. The number of benzene rings is 1. The Morgan fingerprint density at radius 3 is 2.54 bits per heavy atom. The van der Waals surface area contributed by atoms with Gasteiger partial charge in [0.1, 0.15) is 5.92 Å². The summed E-state index contributed by atoms with van der Waals surface area (Å²) in [4.78, 5) is 32.4.